The minimum atomic E-state index is -0.0526. The summed E-state index contributed by atoms with van der Waals surface area (Å²) in [6, 6.07) is 21.4. The third-order valence-corrected chi connectivity index (χ3v) is 5.86. The molecule has 0 N–H and O–H groups in total. The van der Waals surface area contributed by atoms with Crippen LogP contribution in [0.25, 0.3) is 5.65 Å². The summed E-state index contributed by atoms with van der Waals surface area (Å²) in [5, 5.41) is 4.43. The molecule has 0 bridgehead atoms. The fourth-order valence-electron chi connectivity index (χ4n) is 4.04. The molecule has 1 amide bonds. The van der Waals surface area contributed by atoms with E-state index >= 15 is 0 Å². The molecule has 0 saturated heterocycles. The molecule has 5 aromatic rings. The van der Waals surface area contributed by atoms with Crippen molar-refractivity contribution < 1.29 is 9.53 Å². The first-order valence-corrected chi connectivity index (χ1v) is 11.5. The number of aromatic nitrogens is 4. The molecule has 0 radical (unpaired) electrons. The van der Waals surface area contributed by atoms with Crippen molar-refractivity contribution in [2.24, 2.45) is 0 Å². The van der Waals surface area contributed by atoms with Gasteiger partial charge in [0, 0.05) is 43.3 Å². The normalized spacial score (nSPS) is 11.0. The molecule has 0 saturated carbocycles. The third-order valence-electron chi connectivity index (χ3n) is 5.86. The average molecular weight is 466 g/mol. The summed E-state index contributed by atoms with van der Waals surface area (Å²) in [5.74, 6) is 0.642. The number of rotatable bonds is 8. The Balaban J connectivity index is 1.16. The first-order chi connectivity index (χ1) is 17.0. The minimum absolute atomic E-state index is 0.0526. The van der Waals surface area contributed by atoms with Crippen LogP contribution in [0.3, 0.4) is 0 Å². The second-order valence-electron chi connectivity index (χ2n) is 8.66. The molecule has 0 aliphatic rings. The quantitative estimate of drug-likeness (QED) is 0.332. The number of carbonyl (C=O) groups is 1. The number of imidazole rings is 1. The maximum Gasteiger partial charge on any atom is 0.253 e. The summed E-state index contributed by atoms with van der Waals surface area (Å²) < 4.78 is 9.78. The lowest BCUT2D eigenvalue weighted by Gasteiger charge is -2.16. The maximum atomic E-state index is 12.9. The molecule has 7 heteroatoms. The summed E-state index contributed by atoms with van der Waals surface area (Å²) >= 11 is 0. The van der Waals surface area contributed by atoms with Gasteiger partial charge in [-0.2, -0.15) is 5.10 Å². The molecule has 0 unspecified atom stereocenters. The van der Waals surface area contributed by atoms with E-state index in [1.54, 1.807) is 24.1 Å². The Labute approximate surface area is 204 Å². The van der Waals surface area contributed by atoms with E-state index in [2.05, 4.69) is 22.2 Å². The predicted molar refractivity (Wildman–Crippen MR) is 134 cm³/mol. The number of amides is 1. The van der Waals surface area contributed by atoms with Crippen molar-refractivity contribution in [2.75, 3.05) is 7.05 Å². The zero-order valence-corrected chi connectivity index (χ0v) is 19.8. The van der Waals surface area contributed by atoms with Crippen molar-refractivity contribution >= 4 is 11.6 Å². The zero-order valence-electron chi connectivity index (χ0n) is 19.8. The van der Waals surface area contributed by atoms with Crippen molar-refractivity contribution in [1.29, 1.82) is 0 Å². The van der Waals surface area contributed by atoms with E-state index in [0.29, 0.717) is 31.0 Å². The Morgan fingerprint density at radius 3 is 2.54 bits per heavy atom. The van der Waals surface area contributed by atoms with Gasteiger partial charge in [-0.25, -0.2) is 4.98 Å². The first-order valence-electron chi connectivity index (χ1n) is 11.5. The van der Waals surface area contributed by atoms with Gasteiger partial charge in [0.05, 0.1) is 18.4 Å². The number of carbonyl (C=O) groups excluding carboxylic acids is 1. The van der Waals surface area contributed by atoms with Crippen LogP contribution in [0.2, 0.25) is 0 Å². The van der Waals surface area contributed by atoms with Gasteiger partial charge in [-0.05, 0) is 48.4 Å². The minimum Gasteiger partial charge on any atom is -0.487 e. The number of aryl methyl sites for hydroxylation is 1. The fourth-order valence-corrected chi connectivity index (χ4v) is 4.04. The van der Waals surface area contributed by atoms with Crippen LogP contribution < -0.4 is 4.74 Å². The summed E-state index contributed by atoms with van der Waals surface area (Å²) in [4.78, 5) is 19.2. The highest BCUT2D eigenvalue weighted by atomic mass is 16.5. The second kappa shape index (κ2) is 9.85. The number of hydrogen-bond donors (Lipinski definition) is 0. The predicted octanol–water partition coefficient (Wildman–Crippen LogP) is 4.74. The van der Waals surface area contributed by atoms with Gasteiger partial charge in [-0.1, -0.05) is 36.4 Å². The Kier molecular flexibility index (Phi) is 6.30. The molecule has 176 valence electrons. The maximum absolute atomic E-state index is 12.9. The lowest BCUT2D eigenvalue weighted by atomic mass is 10.2. The molecule has 0 aliphatic carbocycles. The largest absolute Gasteiger partial charge is 0.487 e. The molecule has 3 heterocycles. The van der Waals surface area contributed by atoms with E-state index in [1.807, 2.05) is 83.3 Å². The van der Waals surface area contributed by atoms with E-state index in [4.69, 9.17) is 4.74 Å². The molecular weight excluding hydrogens is 438 g/mol. The Morgan fingerprint density at radius 2 is 1.77 bits per heavy atom. The van der Waals surface area contributed by atoms with Crippen LogP contribution in [0.5, 0.6) is 5.75 Å². The molecule has 0 aliphatic heterocycles. The van der Waals surface area contributed by atoms with Gasteiger partial charge in [0.2, 0.25) is 0 Å². The molecule has 0 fully saturated rings. The molecule has 7 nitrogen and oxygen atoms in total. The summed E-state index contributed by atoms with van der Waals surface area (Å²) in [5.41, 5.74) is 5.69. The number of benzene rings is 2. The van der Waals surface area contributed by atoms with Gasteiger partial charge < -0.3 is 14.0 Å². The SMILES string of the molecule is Cc1cccn2cc(COc3ccc(C(=O)N(C)Cc4cnn(Cc5ccccc5)c4)cc3)nc12. The van der Waals surface area contributed by atoms with E-state index in [9.17, 15) is 4.79 Å². The summed E-state index contributed by atoms with van der Waals surface area (Å²) in [7, 11) is 1.80. The zero-order chi connectivity index (χ0) is 24.2. The van der Waals surface area contributed by atoms with Crippen molar-refractivity contribution in [3.05, 3.63) is 119 Å². The summed E-state index contributed by atoms with van der Waals surface area (Å²) in [6.45, 7) is 3.59. The van der Waals surface area contributed by atoms with Crippen LogP contribution in [-0.2, 0) is 19.7 Å². The van der Waals surface area contributed by atoms with Gasteiger partial charge in [-0.15, -0.1) is 0 Å². The lowest BCUT2D eigenvalue weighted by molar-refractivity contribution is 0.0785. The highest BCUT2D eigenvalue weighted by Gasteiger charge is 2.13. The molecule has 2 aromatic carbocycles. The van der Waals surface area contributed by atoms with Crippen molar-refractivity contribution in [3.8, 4) is 5.75 Å². The van der Waals surface area contributed by atoms with Crippen molar-refractivity contribution in [1.82, 2.24) is 24.1 Å². The van der Waals surface area contributed by atoms with Crippen molar-refractivity contribution in [2.45, 2.75) is 26.6 Å². The van der Waals surface area contributed by atoms with Gasteiger partial charge in [-0.3, -0.25) is 9.48 Å². The van der Waals surface area contributed by atoms with Gasteiger partial charge in [0.1, 0.15) is 18.0 Å². The van der Waals surface area contributed by atoms with Crippen LogP contribution in [0.4, 0.5) is 0 Å². The molecule has 3 aromatic heterocycles. The van der Waals surface area contributed by atoms with Crippen LogP contribution in [-0.4, -0.2) is 37.0 Å². The average Bonchev–Trinajstić information content (AvgIpc) is 3.50. The Morgan fingerprint density at radius 1 is 0.971 bits per heavy atom. The summed E-state index contributed by atoms with van der Waals surface area (Å²) in [6.07, 6.45) is 7.74. The fraction of sp³-hybridized carbons (Fsp3) is 0.179. The molecule has 0 spiro atoms. The van der Waals surface area contributed by atoms with E-state index in [0.717, 1.165) is 22.5 Å². The van der Waals surface area contributed by atoms with E-state index in [-0.39, 0.29) is 5.91 Å². The van der Waals surface area contributed by atoms with Gasteiger partial charge in [0.25, 0.3) is 5.91 Å². The monoisotopic (exact) mass is 465 g/mol. The number of pyridine rings is 1. The molecule has 35 heavy (non-hydrogen) atoms. The number of fused-ring (bicyclic) bond motifs is 1. The van der Waals surface area contributed by atoms with Gasteiger partial charge >= 0.3 is 0 Å². The molecule has 5 rings (SSSR count). The van der Waals surface area contributed by atoms with Crippen LogP contribution in [0.15, 0.2) is 91.5 Å². The number of nitrogens with zero attached hydrogens (tertiary/aromatic N) is 5. The molecular formula is C28H27N5O2. The van der Waals surface area contributed by atoms with Crippen LogP contribution in [0.1, 0.15) is 32.7 Å². The van der Waals surface area contributed by atoms with E-state index in [1.165, 1.54) is 5.56 Å². The van der Waals surface area contributed by atoms with Crippen LogP contribution in [0, 0.1) is 6.92 Å². The van der Waals surface area contributed by atoms with Crippen LogP contribution >= 0.6 is 0 Å². The van der Waals surface area contributed by atoms with Gasteiger partial charge in [0.15, 0.2) is 0 Å². The topological polar surface area (TPSA) is 64.7 Å². The first kappa shape index (κ1) is 22.4. The lowest BCUT2D eigenvalue weighted by Crippen LogP contribution is -2.26. The number of hydrogen-bond acceptors (Lipinski definition) is 4. The second-order valence-corrected chi connectivity index (χ2v) is 8.66. The third kappa shape index (κ3) is 5.24. The smallest absolute Gasteiger partial charge is 0.253 e. The highest BCUT2D eigenvalue weighted by molar-refractivity contribution is 5.94. The molecule has 0 atom stereocenters. The standard InChI is InChI=1S/C28H27N5O2/c1-21-7-6-14-32-19-25(30-27(21)32)20-35-26-12-10-24(11-13-26)28(34)31(2)16-23-15-29-33(18-23)17-22-8-4-3-5-9-22/h3-15,18-19H,16-17,20H2,1-2H3. The van der Waals surface area contributed by atoms with E-state index < -0.39 is 0 Å². The highest BCUT2D eigenvalue weighted by Crippen LogP contribution is 2.17. The Bertz CT molecular complexity index is 1440. The Hall–Kier alpha value is -4.39. The number of ether oxygens (including phenoxy) is 1. The van der Waals surface area contributed by atoms with Crippen molar-refractivity contribution in [3.63, 3.8) is 0 Å².